The molecule has 0 radical (unpaired) electrons. The lowest BCUT2D eigenvalue weighted by Crippen LogP contribution is -2.48. The van der Waals surface area contributed by atoms with Gasteiger partial charge in [0.2, 0.25) is 5.91 Å². The number of nitrogens with one attached hydrogen (secondary N) is 1. The maximum Gasteiger partial charge on any atom is 0.239 e. The predicted molar refractivity (Wildman–Crippen MR) is 129 cm³/mol. The van der Waals surface area contributed by atoms with Crippen molar-refractivity contribution >= 4 is 51.1 Å². The molecule has 1 aliphatic carbocycles. The van der Waals surface area contributed by atoms with E-state index in [0.29, 0.717) is 22.2 Å². The maximum absolute atomic E-state index is 12.7. The zero-order valence-corrected chi connectivity index (χ0v) is 19.8. The number of halogens is 2. The summed E-state index contributed by atoms with van der Waals surface area (Å²) in [6.45, 7) is 3.56. The molecule has 0 spiro atoms. The summed E-state index contributed by atoms with van der Waals surface area (Å²) in [6, 6.07) is 8.03. The first-order valence-electron chi connectivity index (χ1n) is 10.8. The van der Waals surface area contributed by atoms with Crippen LogP contribution in [0.1, 0.15) is 41.7 Å². The van der Waals surface area contributed by atoms with Gasteiger partial charge in [-0.2, -0.15) is 5.26 Å². The molecule has 2 aromatic rings. The van der Waals surface area contributed by atoms with Crippen LogP contribution in [-0.4, -0.2) is 43.5 Å². The predicted octanol–water partition coefficient (Wildman–Crippen LogP) is 5.35. The number of hydrogen-bond acceptors (Lipinski definition) is 5. The quantitative estimate of drug-likeness (QED) is 0.646. The van der Waals surface area contributed by atoms with Gasteiger partial charge in [-0.15, -0.1) is 11.3 Å². The third kappa shape index (κ3) is 5.35. The number of carbonyl (C=O) groups is 1. The van der Waals surface area contributed by atoms with Crippen LogP contribution in [0.2, 0.25) is 10.0 Å². The summed E-state index contributed by atoms with van der Waals surface area (Å²) in [5.41, 5.74) is 2.89. The van der Waals surface area contributed by atoms with Crippen LogP contribution in [0.25, 0.3) is 0 Å². The van der Waals surface area contributed by atoms with E-state index >= 15 is 0 Å². The highest BCUT2D eigenvalue weighted by Crippen LogP contribution is 2.36. The minimum absolute atomic E-state index is 0.0475. The van der Waals surface area contributed by atoms with Gasteiger partial charge in [-0.05, 0) is 49.4 Å². The molecule has 1 saturated heterocycles. The zero-order chi connectivity index (χ0) is 21.8. The van der Waals surface area contributed by atoms with Gasteiger partial charge in [-0.25, -0.2) is 0 Å². The van der Waals surface area contributed by atoms with Crippen molar-refractivity contribution in [3.05, 3.63) is 44.2 Å². The highest BCUT2D eigenvalue weighted by atomic mass is 35.5. The fourth-order valence-electron chi connectivity index (χ4n) is 4.34. The Morgan fingerprint density at radius 2 is 1.81 bits per heavy atom. The Bertz CT molecular complexity index is 992. The Balaban J connectivity index is 1.34. The molecule has 5 nitrogen and oxygen atoms in total. The first-order valence-corrected chi connectivity index (χ1v) is 12.4. The topological polar surface area (TPSA) is 59.4 Å². The van der Waals surface area contributed by atoms with Crippen molar-refractivity contribution in [1.82, 2.24) is 4.90 Å². The molecule has 0 saturated carbocycles. The number of thiophene rings is 1. The molecule has 2 heterocycles. The van der Waals surface area contributed by atoms with E-state index in [1.807, 2.05) is 18.2 Å². The minimum atomic E-state index is -0.0475. The van der Waals surface area contributed by atoms with E-state index in [-0.39, 0.29) is 5.91 Å². The zero-order valence-electron chi connectivity index (χ0n) is 17.4. The fourth-order valence-corrected chi connectivity index (χ4v) is 5.89. The molecular formula is C23H26Cl2N4OS. The molecule has 2 aliphatic rings. The van der Waals surface area contributed by atoms with Gasteiger partial charge in [-0.1, -0.05) is 36.0 Å². The summed E-state index contributed by atoms with van der Waals surface area (Å²) in [6.07, 6.45) is 6.71. The van der Waals surface area contributed by atoms with E-state index in [0.717, 1.165) is 68.1 Å². The van der Waals surface area contributed by atoms with E-state index in [2.05, 4.69) is 21.2 Å². The standard InChI is InChI=1S/C23H26Cl2N4OS/c24-19-8-7-16(13-20(19)25)29-11-9-28(10-12-29)15-22(30)27-23-18(14-26)17-5-3-1-2-4-6-21(17)31-23/h7-8,13H,1-6,9-12,15H2,(H,27,30). The van der Waals surface area contributed by atoms with Gasteiger partial charge < -0.3 is 10.2 Å². The van der Waals surface area contributed by atoms with E-state index < -0.39 is 0 Å². The summed E-state index contributed by atoms with van der Waals surface area (Å²) in [5.74, 6) is -0.0475. The summed E-state index contributed by atoms with van der Waals surface area (Å²) in [4.78, 5) is 18.4. The highest BCUT2D eigenvalue weighted by molar-refractivity contribution is 7.16. The molecule has 164 valence electrons. The van der Waals surface area contributed by atoms with E-state index in [9.17, 15) is 10.1 Å². The Labute approximate surface area is 197 Å². The van der Waals surface area contributed by atoms with Crippen LogP contribution in [-0.2, 0) is 17.6 Å². The van der Waals surface area contributed by atoms with Crippen molar-refractivity contribution in [3.63, 3.8) is 0 Å². The number of hydrogen-bond donors (Lipinski definition) is 1. The number of carbonyl (C=O) groups excluding carboxylic acids is 1. The summed E-state index contributed by atoms with van der Waals surface area (Å²) < 4.78 is 0. The molecule has 1 fully saturated rings. The second kappa shape index (κ2) is 10.2. The molecule has 1 aliphatic heterocycles. The average molecular weight is 477 g/mol. The molecule has 31 heavy (non-hydrogen) atoms. The van der Waals surface area contributed by atoms with Crippen LogP contribution in [0, 0.1) is 11.3 Å². The minimum Gasteiger partial charge on any atom is -0.369 e. The maximum atomic E-state index is 12.7. The first-order chi connectivity index (χ1) is 15.0. The smallest absolute Gasteiger partial charge is 0.239 e. The monoisotopic (exact) mass is 476 g/mol. The molecule has 4 rings (SSSR count). The largest absolute Gasteiger partial charge is 0.369 e. The first kappa shape index (κ1) is 22.4. The third-order valence-electron chi connectivity index (χ3n) is 6.04. The highest BCUT2D eigenvalue weighted by Gasteiger charge is 2.23. The molecule has 8 heteroatoms. The van der Waals surface area contributed by atoms with Crippen LogP contribution in [0.4, 0.5) is 10.7 Å². The van der Waals surface area contributed by atoms with Gasteiger partial charge in [0.15, 0.2) is 0 Å². The number of fused-ring (bicyclic) bond motifs is 1. The number of rotatable bonds is 4. The van der Waals surface area contributed by atoms with Gasteiger partial charge in [0.25, 0.3) is 0 Å². The van der Waals surface area contributed by atoms with E-state index in [1.165, 1.54) is 17.7 Å². The Morgan fingerprint density at radius 1 is 1.06 bits per heavy atom. The number of amides is 1. The summed E-state index contributed by atoms with van der Waals surface area (Å²) >= 11 is 13.8. The van der Waals surface area contributed by atoms with Crippen LogP contribution < -0.4 is 10.2 Å². The van der Waals surface area contributed by atoms with E-state index in [4.69, 9.17) is 23.2 Å². The van der Waals surface area contributed by atoms with Crippen molar-refractivity contribution < 1.29 is 4.79 Å². The molecule has 1 N–H and O–H groups in total. The van der Waals surface area contributed by atoms with Gasteiger partial charge in [0.1, 0.15) is 11.1 Å². The van der Waals surface area contributed by atoms with Gasteiger partial charge in [-0.3, -0.25) is 9.69 Å². The summed E-state index contributed by atoms with van der Waals surface area (Å²) in [7, 11) is 0. The van der Waals surface area contributed by atoms with Gasteiger partial charge >= 0.3 is 0 Å². The van der Waals surface area contributed by atoms with E-state index in [1.54, 1.807) is 11.3 Å². The van der Waals surface area contributed by atoms with Gasteiger partial charge in [0, 0.05) is 36.7 Å². The van der Waals surface area contributed by atoms with Crippen LogP contribution in [0.15, 0.2) is 18.2 Å². The second-order valence-electron chi connectivity index (χ2n) is 8.14. The molecule has 1 aromatic heterocycles. The number of aryl methyl sites for hydroxylation is 1. The van der Waals surface area contributed by atoms with Crippen molar-refractivity contribution in [2.45, 2.75) is 38.5 Å². The van der Waals surface area contributed by atoms with Crippen molar-refractivity contribution in [2.24, 2.45) is 0 Å². The lowest BCUT2D eigenvalue weighted by Gasteiger charge is -2.35. The number of nitrogens with zero attached hydrogens (tertiary/aromatic N) is 3. The lowest BCUT2D eigenvalue weighted by atomic mass is 9.97. The molecule has 0 atom stereocenters. The number of nitriles is 1. The van der Waals surface area contributed by atoms with Gasteiger partial charge in [0.05, 0.1) is 22.2 Å². The van der Waals surface area contributed by atoms with Crippen molar-refractivity contribution in [1.29, 1.82) is 5.26 Å². The normalized spacial score (nSPS) is 17.4. The third-order valence-corrected chi connectivity index (χ3v) is 7.99. The van der Waals surface area contributed by atoms with Crippen molar-refractivity contribution in [3.8, 4) is 6.07 Å². The molecule has 0 bridgehead atoms. The molecule has 1 amide bonds. The summed E-state index contributed by atoms with van der Waals surface area (Å²) in [5, 5.41) is 14.6. The Morgan fingerprint density at radius 3 is 2.52 bits per heavy atom. The Kier molecular flexibility index (Phi) is 7.39. The van der Waals surface area contributed by atoms with Crippen LogP contribution in [0.3, 0.4) is 0 Å². The Hall–Kier alpha value is -1.78. The van der Waals surface area contributed by atoms with Crippen LogP contribution >= 0.6 is 34.5 Å². The van der Waals surface area contributed by atoms with Crippen molar-refractivity contribution in [2.75, 3.05) is 42.9 Å². The molecule has 0 unspecified atom stereocenters. The van der Waals surface area contributed by atoms with Crippen LogP contribution in [0.5, 0.6) is 0 Å². The molecular weight excluding hydrogens is 451 g/mol. The number of benzene rings is 1. The SMILES string of the molecule is N#Cc1c(NC(=O)CN2CCN(c3ccc(Cl)c(Cl)c3)CC2)sc2c1CCCCCC2. The number of piperazine rings is 1. The average Bonchev–Trinajstić information content (AvgIpc) is 3.05. The molecule has 1 aromatic carbocycles. The lowest BCUT2D eigenvalue weighted by molar-refractivity contribution is -0.117. The second-order valence-corrected chi connectivity index (χ2v) is 10.1. The fraction of sp³-hybridized carbons (Fsp3) is 0.478. The number of anilines is 2.